The van der Waals surface area contributed by atoms with Crippen LogP contribution in [0.15, 0.2) is 65.5 Å². The molecule has 1 aromatic heterocycles. The summed E-state index contributed by atoms with van der Waals surface area (Å²) in [4.78, 5) is 38.8. The minimum atomic E-state index is -0.903. The molecular weight excluding hydrogens is 386 g/mol. The molecule has 5 nitrogen and oxygen atoms in total. The van der Waals surface area contributed by atoms with Gasteiger partial charge in [-0.2, -0.15) is 0 Å². The van der Waals surface area contributed by atoms with Gasteiger partial charge >= 0.3 is 5.97 Å². The third kappa shape index (κ3) is 4.53. The minimum Gasteiger partial charge on any atom is -0.451 e. The SMILES string of the molecule is C#CCOC(=O)C(Cc1ccccc1)n1sc(C(=O)c2ccccc2)c(C)c1=O. The van der Waals surface area contributed by atoms with Gasteiger partial charge in [-0.3, -0.25) is 9.59 Å². The second-order valence-corrected chi connectivity index (χ2v) is 7.37. The van der Waals surface area contributed by atoms with Crippen LogP contribution in [-0.2, 0) is 16.0 Å². The van der Waals surface area contributed by atoms with Gasteiger partial charge in [0.05, 0.1) is 0 Å². The number of ether oxygens (including phenoxy) is 1. The molecule has 0 aliphatic heterocycles. The summed E-state index contributed by atoms with van der Waals surface area (Å²) < 4.78 is 6.43. The number of rotatable bonds is 7. The van der Waals surface area contributed by atoms with Crippen molar-refractivity contribution >= 4 is 23.3 Å². The monoisotopic (exact) mass is 405 g/mol. The Kier molecular flexibility index (Phi) is 6.43. The van der Waals surface area contributed by atoms with Gasteiger partial charge in [-0.25, -0.2) is 8.75 Å². The van der Waals surface area contributed by atoms with Crippen LogP contribution < -0.4 is 5.56 Å². The van der Waals surface area contributed by atoms with Crippen LogP contribution in [0.4, 0.5) is 0 Å². The summed E-state index contributed by atoms with van der Waals surface area (Å²) in [6.45, 7) is 1.41. The zero-order valence-corrected chi connectivity index (χ0v) is 16.6. The van der Waals surface area contributed by atoms with Crippen molar-refractivity contribution in [2.75, 3.05) is 6.61 Å². The van der Waals surface area contributed by atoms with Crippen molar-refractivity contribution in [1.29, 1.82) is 0 Å². The lowest BCUT2D eigenvalue weighted by Gasteiger charge is -2.15. The highest BCUT2D eigenvalue weighted by molar-refractivity contribution is 7.09. The van der Waals surface area contributed by atoms with Crippen molar-refractivity contribution in [2.45, 2.75) is 19.4 Å². The fourth-order valence-electron chi connectivity index (χ4n) is 2.92. The second kappa shape index (κ2) is 9.18. The van der Waals surface area contributed by atoms with Crippen molar-refractivity contribution in [2.24, 2.45) is 0 Å². The molecule has 3 rings (SSSR count). The van der Waals surface area contributed by atoms with Gasteiger partial charge in [0.15, 0.2) is 6.61 Å². The van der Waals surface area contributed by atoms with Crippen molar-refractivity contribution < 1.29 is 14.3 Å². The number of esters is 1. The number of ketones is 1. The van der Waals surface area contributed by atoms with Crippen molar-refractivity contribution in [3.63, 3.8) is 0 Å². The lowest BCUT2D eigenvalue weighted by Crippen LogP contribution is -2.30. The predicted molar refractivity (Wildman–Crippen MR) is 112 cm³/mol. The van der Waals surface area contributed by atoms with Gasteiger partial charge in [-0.05, 0) is 12.5 Å². The predicted octanol–water partition coefficient (Wildman–Crippen LogP) is 3.41. The molecule has 2 aromatic carbocycles. The highest BCUT2D eigenvalue weighted by Crippen LogP contribution is 2.23. The Bertz CT molecular complexity index is 1110. The number of terminal acetylenes is 1. The average Bonchev–Trinajstić information content (AvgIpc) is 3.05. The first kappa shape index (κ1) is 20.3. The Balaban J connectivity index is 2.01. The Morgan fingerprint density at radius 2 is 1.72 bits per heavy atom. The van der Waals surface area contributed by atoms with Crippen LogP contribution in [0.1, 0.15) is 32.4 Å². The maximum Gasteiger partial charge on any atom is 0.331 e. The van der Waals surface area contributed by atoms with Crippen molar-refractivity contribution in [3.05, 3.63) is 92.6 Å². The van der Waals surface area contributed by atoms with Gasteiger partial charge < -0.3 is 4.74 Å². The molecule has 0 amide bonds. The molecule has 0 fully saturated rings. The number of benzene rings is 2. The lowest BCUT2D eigenvalue weighted by molar-refractivity contribution is -0.146. The van der Waals surface area contributed by atoms with Crippen LogP contribution in [0.25, 0.3) is 0 Å². The van der Waals surface area contributed by atoms with Gasteiger partial charge in [-0.15, -0.1) is 6.42 Å². The van der Waals surface area contributed by atoms with Gasteiger partial charge in [-0.1, -0.05) is 78.1 Å². The van der Waals surface area contributed by atoms with Crippen LogP contribution in [0.3, 0.4) is 0 Å². The fraction of sp³-hybridized carbons (Fsp3) is 0.174. The molecule has 0 aliphatic carbocycles. The summed E-state index contributed by atoms with van der Waals surface area (Å²) in [5.74, 6) is 1.41. The number of carbonyl (C=O) groups is 2. The van der Waals surface area contributed by atoms with Crippen LogP contribution in [0, 0.1) is 19.3 Å². The molecular formula is C23H19NO4S. The van der Waals surface area contributed by atoms with E-state index in [9.17, 15) is 14.4 Å². The normalized spacial score (nSPS) is 11.4. The van der Waals surface area contributed by atoms with Crippen LogP contribution >= 0.6 is 11.5 Å². The first-order valence-electron chi connectivity index (χ1n) is 8.99. The van der Waals surface area contributed by atoms with E-state index in [1.54, 1.807) is 31.2 Å². The summed E-state index contributed by atoms with van der Waals surface area (Å²) in [6, 6.07) is 17.1. The molecule has 0 radical (unpaired) electrons. The number of hydrogen-bond donors (Lipinski definition) is 0. The van der Waals surface area contributed by atoms with E-state index in [4.69, 9.17) is 11.2 Å². The van der Waals surface area contributed by atoms with Gasteiger partial charge in [0.1, 0.15) is 10.9 Å². The quantitative estimate of drug-likeness (QED) is 0.343. The van der Waals surface area contributed by atoms with Gasteiger partial charge in [0.2, 0.25) is 5.78 Å². The van der Waals surface area contributed by atoms with E-state index in [0.717, 1.165) is 17.1 Å². The van der Waals surface area contributed by atoms with E-state index >= 15 is 0 Å². The molecule has 1 atom stereocenters. The average molecular weight is 405 g/mol. The summed E-state index contributed by atoms with van der Waals surface area (Å²) in [7, 11) is 0. The van der Waals surface area contributed by atoms with Crippen molar-refractivity contribution in [1.82, 2.24) is 3.96 Å². The number of carbonyl (C=O) groups excluding carboxylic acids is 2. The third-order valence-electron chi connectivity index (χ3n) is 4.42. The molecule has 6 heteroatoms. The molecule has 0 saturated carbocycles. The van der Waals surface area contributed by atoms with E-state index in [2.05, 4.69) is 5.92 Å². The summed E-state index contributed by atoms with van der Waals surface area (Å²) in [6.07, 6.45) is 5.45. The molecule has 0 aliphatic rings. The zero-order chi connectivity index (χ0) is 20.8. The maximum atomic E-state index is 12.9. The molecule has 0 N–H and O–H groups in total. The first-order valence-corrected chi connectivity index (χ1v) is 9.76. The largest absolute Gasteiger partial charge is 0.451 e. The maximum absolute atomic E-state index is 12.9. The number of hydrogen-bond acceptors (Lipinski definition) is 5. The summed E-state index contributed by atoms with van der Waals surface area (Å²) in [5.41, 5.74) is 1.28. The van der Waals surface area contributed by atoms with E-state index in [-0.39, 0.29) is 24.4 Å². The Hall–Kier alpha value is -3.43. The topological polar surface area (TPSA) is 65.4 Å². The molecule has 146 valence electrons. The third-order valence-corrected chi connectivity index (χ3v) is 5.71. The van der Waals surface area contributed by atoms with Crippen LogP contribution in [0.5, 0.6) is 0 Å². The zero-order valence-electron chi connectivity index (χ0n) is 15.8. The van der Waals surface area contributed by atoms with Crippen LogP contribution in [0.2, 0.25) is 0 Å². The van der Waals surface area contributed by atoms with E-state index in [1.165, 1.54) is 3.96 Å². The number of nitrogens with zero attached hydrogens (tertiary/aromatic N) is 1. The molecule has 0 spiro atoms. The Labute approximate surface area is 172 Å². The van der Waals surface area contributed by atoms with Crippen LogP contribution in [-0.4, -0.2) is 22.3 Å². The fourth-order valence-corrected chi connectivity index (χ4v) is 4.05. The first-order chi connectivity index (χ1) is 14.0. The summed E-state index contributed by atoms with van der Waals surface area (Å²) in [5, 5.41) is 0. The molecule has 1 heterocycles. The molecule has 1 unspecified atom stereocenters. The van der Waals surface area contributed by atoms with E-state index in [1.807, 2.05) is 36.4 Å². The lowest BCUT2D eigenvalue weighted by atomic mass is 10.1. The molecule has 29 heavy (non-hydrogen) atoms. The second-order valence-electron chi connectivity index (χ2n) is 6.39. The van der Waals surface area contributed by atoms with Gasteiger partial charge in [0, 0.05) is 17.5 Å². The standard InChI is InChI=1S/C23H19NO4S/c1-3-14-28-23(27)19(15-17-10-6-4-7-11-17)24-22(26)16(2)21(29-24)20(25)18-12-8-5-9-13-18/h1,4-13,19H,14-15H2,2H3. The smallest absolute Gasteiger partial charge is 0.331 e. The Morgan fingerprint density at radius 3 is 2.34 bits per heavy atom. The number of aromatic nitrogens is 1. The van der Waals surface area contributed by atoms with E-state index < -0.39 is 12.0 Å². The van der Waals surface area contributed by atoms with Gasteiger partial charge in [0.25, 0.3) is 5.56 Å². The van der Waals surface area contributed by atoms with Crippen molar-refractivity contribution in [3.8, 4) is 12.3 Å². The Morgan fingerprint density at radius 1 is 1.10 bits per heavy atom. The molecule has 0 bridgehead atoms. The highest BCUT2D eigenvalue weighted by Gasteiger charge is 2.29. The molecule has 3 aromatic rings. The highest BCUT2D eigenvalue weighted by atomic mass is 32.1. The minimum absolute atomic E-state index is 0.182. The molecule has 0 saturated heterocycles. The summed E-state index contributed by atoms with van der Waals surface area (Å²) >= 11 is 0.980. The van der Waals surface area contributed by atoms with E-state index in [0.29, 0.717) is 16.0 Å².